The van der Waals surface area contributed by atoms with Gasteiger partial charge in [-0.3, -0.25) is 4.79 Å². The molecule has 0 aromatic rings. The van der Waals surface area contributed by atoms with Gasteiger partial charge in [-0.2, -0.15) is 12.6 Å². The van der Waals surface area contributed by atoms with Crippen LogP contribution >= 0.6 is 12.6 Å². The van der Waals surface area contributed by atoms with Crippen molar-refractivity contribution in [2.45, 2.75) is 12.0 Å². The van der Waals surface area contributed by atoms with Crippen LogP contribution in [-0.4, -0.2) is 24.4 Å². The molecule has 1 atom stereocenters. The molecule has 0 aliphatic rings. The van der Waals surface area contributed by atoms with Gasteiger partial charge in [0.25, 0.3) is 0 Å². The van der Waals surface area contributed by atoms with E-state index in [0.717, 1.165) is 0 Å². The number of ether oxygens (including phenoxy) is 1. The minimum absolute atomic E-state index is 0.256. The predicted octanol–water partition coefficient (Wildman–Crippen LogP) is 0.363. The van der Waals surface area contributed by atoms with Gasteiger partial charge in [-0.1, -0.05) is 6.08 Å². The van der Waals surface area contributed by atoms with Crippen LogP contribution in [0.3, 0.4) is 0 Å². The van der Waals surface area contributed by atoms with E-state index in [2.05, 4.69) is 23.9 Å². The smallest absolute Gasteiger partial charge is 0.327 e. The molecule has 0 heterocycles. The first-order valence-electron chi connectivity index (χ1n) is 3.20. The topological polar surface area (TPSA) is 52.3 Å². The Hall–Kier alpha value is -0.480. The standard InChI is InChI=1S/C7H13NO2S/c1-3-4-7(8,5-11)6(9)10-2/h3,11H,1,4-5,8H2,2H3/t7-/m0/s1. The molecule has 0 aromatic heterocycles. The van der Waals surface area contributed by atoms with Crippen LogP contribution in [0.2, 0.25) is 0 Å². The Kier molecular flexibility index (Phi) is 4.22. The summed E-state index contributed by atoms with van der Waals surface area (Å²) in [6, 6.07) is 0. The number of carbonyl (C=O) groups excluding carboxylic acids is 1. The Balaban J connectivity index is 4.31. The number of hydrogen-bond acceptors (Lipinski definition) is 4. The third-order valence-corrected chi connectivity index (χ3v) is 1.95. The fraction of sp³-hybridized carbons (Fsp3) is 0.571. The monoisotopic (exact) mass is 175 g/mol. The van der Waals surface area contributed by atoms with Gasteiger partial charge in [-0.05, 0) is 6.42 Å². The molecule has 0 aliphatic carbocycles. The van der Waals surface area contributed by atoms with Crippen molar-refractivity contribution in [1.29, 1.82) is 0 Å². The number of thiol groups is 1. The Morgan fingerprint density at radius 1 is 1.91 bits per heavy atom. The molecule has 0 spiro atoms. The van der Waals surface area contributed by atoms with E-state index < -0.39 is 11.5 Å². The number of methoxy groups -OCH3 is 1. The maximum absolute atomic E-state index is 11.0. The third-order valence-electron chi connectivity index (χ3n) is 1.38. The molecule has 11 heavy (non-hydrogen) atoms. The second-order valence-electron chi connectivity index (χ2n) is 2.30. The van der Waals surface area contributed by atoms with Gasteiger partial charge in [0.15, 0.2) is 0 Å². The van der Waals surface area contributed by atoms with E-state index in [0.29, 0.717) is 6.42 Å². The van der Waals surface area contributed by atoms with E-state index in [1.54, 1.807) is 6.08 Å². The summed E-state index contributed by atoms with van der Waals surface area (Å²) in [5.74, 6) is -0.196. The van der Waals surface area contributed by atoms with Gasteiger partial charge < -0.3 is 10.5 Å². The number of carbonyl (C=O) groups is 1. The first kappa shape index (κ1) is 10.5. The summed E-state index contributed by atoms with van der Waals surface area (Å²) < 4.78 is 4.50. The minimum atomic E-state index is -1.01. The summed E-state index contributed by atoms with van der Waals surface area (Å²) in [4.78, 5) is 11.0. The van der Waals surface area contributed by atoms with E-state index in [1.807, 2.05) is 0 Å². The predicted molar refractivity (Wildman–Crippen MR) is 47.6 cm³/mol. The van der Waals surface area contributed by atoms with Crippen molar-refractivity contribution in [2.75, 3.05) is 12.9 Å². The van der Waals surface area contributed by atoms with Crippen molar-refractivity contribution in [3.63, 3.8) is 0 Å². The molecule has 3 nitrogen and oxygen atoms in total. The van der Waals surface area contributed by atoms with Gasteiger partial charge in [0.05, 0.1) is 7.11 Å². The van der Waals surface area contributed by atoms with Crippen LogP contribution in [-0.2, 0) is 9.53 Å². The first-order chi connectivity index (χ1) is 5.10. The maximum Gasteiger partial charge on any atom is 0.327 e. The fourth-order valence-electron chi connectivity index (χ4n) is 0.673. The zero-order chi connectivity index (χ0) is 8.91. The SMILES string of the molecule is C=CC[C@](N)(CS)C(=O)OC. The molecule has 0 aromatic carbocycles. The Labute approximate surface area is 72.0 Å². The number of rotatable bonds is 4. The Bertz CT molecular complexity index is 161. The van der Waals surface area contributed by atoms with Crippen LogP contribution < -0.4 is 5.73 Å². The van der Waals surface area contributed by atoms with Crippen LogP contribution in [0.4, 0.5) is 0 Å². The summed E-state index contributed by atoms with van der Waals surface area (Å²) in [6.45, 7) is 3.49. The van der Waals surface area contributed by atoms with Crippen LogP contribution in [0.25, 0.3) is 0 Å². The summed E-state index contributed by atoms with van der Waals surface area (Å²) in [5, 5.41) is 0. The van der Waals surface area contributed by atoms with Gasteiger partial charge in [0.2, 0.25) is 0 Å². The van der Waals surface area contributed by atoms with Crippen molar-refractivity contribution < 1.29 is 9.53 Å². The van der Waals surface area contributed by atoms with Gasteiger partial charge in [0, 0.05) is 5.75 Å². The van der Waals surface area contributed by atoms with Gasteiger partial charge >= 0.3 is 5.97 Å². The number of hydrogen-bond donors (Lipinski definition) is 2. The second kappa shape index (κ2) is 4.41. The number of nitrogens with two attached hydrogens (primary N) is 1. The van der Waals surface area contributed by atoms with Gasteiger partial charge in [-0.25, -0.2) is 0 Å². The molecular formula is C7H13NO2S. The van der Waals surface area contributed by atoms with Crippen molar-refractivity contribution >= 4 is 18.6 Å². The lowest BCUT2D eigenvalue weighted by Gasteiger charge is -2.22. The molecule has 0 saturated heterocycles. The Morgan fingerprint density at radius 3 is 2.73 bits per heavy atom. The molecule has 0 fully saturated rings. The largest absolute Gasteiger partial charge is 0.468 e. The van der Waals surface area contributed by atoms with Crippen molar-refractivity contribution in [1.82, 2.24) is 0 Å². The summed E-state index contributed by atoms with van der Waals surface area (Å²) in [5.41, 5.74) is 4.63. The van der Waals surface area contributed by atoms with Crippen molar-refractivity contribution in [2.24, 2.45) is 5.73 Å². The minimum Gasteiger partial charge on any atom is -0.468 e. The van der Waals surface area contributed by atoms with Crippen LogP contribution in [0.1, 0.15) is 6.42 Å². The molecule has 0 rings (SSSR count). The number of esters is 1. The molecule has 0 unspecified atom stereocenters. The molecule has 0 saturated carbocycles. The molecule has 0 radical (unpaired) electrons. The highest BCUT2D eigenvalue weighted by atomic mass is 32.1. The first-order valence-corrected chi connectivity index (χ1v) is 3.83. The molecule has 0 bridgehead atoms. The van der Waals surface area contributed by atoms with Gasteiger partial charge in [0.1, 0.15) is 5.54 Å². The summed E-state index contributed by atoms with van der Waals surface area (Å²) >= 11 is 3.95. The van der Waals surface area contributed by atoms with E-state index in [9.17, 15) is 4.79 Å². The Morgan fingerprint density at radius 2 is 2.45 bits per heavy atom. The van der Waals surface area contributed by atoms with E-state index in [1.165, 1.54) is 7.11 Å². The lowest BCUT2D eigenvalue weighted by atomic mass is 10.00. The molecular weight excluding hydrogens is 162 g/mol. The van der Waals surface area contributed by atoms with Crippen LogP contribution in [0, 0.1) is 0 Å². The zero-order valence-electron chi connectivity index (χ0n) is 6.54. The lowest BCUT2D eigenvalue weighted by Crippen LogP contribution is -2.50. The van der Waals surface area contributed by atoms with E-state index in [-0.39, 0.29) is 5.75 Å². The summed E-state index contributed by atoms with van der Waals surface area (Å²) in [7, 11) is 1.30. The highest BCUT2D eigenvalue weighted by Gasteiger charge is 2.31. The molecule has 0 aliphatic heterocycles. The molecule has 0 amide bonds. The quantitative estimate of drug-likeness (QED) is 0.368. The fourth-order valence-corrected chi connectivity index (χ4v) is 0.931. The normalized spacial score (nSPS) is 15.2. The molecule has 2 N–H and O–H groups in total. The van der Waals surface area contributed by atoms with Gasteiger partial charge in [-0.15, -0.1) is 6.58 Å². The second-order valence-corrected chi connectivity index (χ2v) is 2.61. The zero-order valence-corrected chi connectivity index (χ0v) is 7.43. The van der Waals surface area contributed by atoms with Crippen molar-refractivity contribution in [3.8, 4) is 0 Å². The highest BCUT2D eigenvalue weighted by Crippen LogP contribution is 2.11. The van der Waals surface area contributed by atoms with E-state index >= 15 is 0 Å². The lowest BCUT2D eigenvalue weighted by molar-refractivity contribution is -0.146. The third kappa shape index (κ3) is 2.55. The van der Waals surface area contributed by atoms with E-state index in [4.69, 9.17) is 5.73 Å². The average molecular weight is 175 g/mol. The maximum atomic E-state index is 11.0. The van der Waals surface area contributed by atoms with Crippen molar-refractivity contribution in [3.05, 3.63) is 12.7 Å². The average Bonchev–Trinajstić information content (AvgIpc) is 2.03. The highest BCUT2D eigenvalue weighted by molar-refractivity contribution is 7.80. The molecule has 4 heteroatoms. The molecule has 64 valence electrons. The van der Waals surface area contributed by atoms with Crippen LogP contribution in [0.15, 0.2) is 12.7 Å². The van der Waals surface area contributed by atoms with Crippen LogP contribution in [0.5, 0.6) is 0 Å². The summed E-state index contributed by atoms with van der Waals surface area (Å²) in [6.07, 6.45) is 1.95.